The summed E-state index contributed by atoms with van der Waals surface area (Å²) >= 11 is 5.99. The third-order valence-corrected chi connectivity index (χ3v) is 5.76. The van der Waals surface area contributed by atoms with Crippen molar-refractivity contribution in [1.29, 1.82) is 0 Å². The Morgan fingerprint density at radius 1 is 1.29 bits per heavy atom. The first-order chi connectivity index (χ1) is 13.5. The highest BCUT2D eigenvalue weighted by Crippen LogP contribution is 2.35. The van der Waals surface area contributed by atoms with Crippen LogP contribution in [-0.4, -0.2) is 48.0 Å². The number of halogens is 1. The van der Waals surface area contributed by atoms with Crippen molar-refractivity contribution in [3.8, 4) is 5.75 Å². The zero-order valence-corrected chi connectivity index (χ0v) is 16.2. The van der Waals surface area contributed by atoms with Crippen molar-refractivity contribution in [2.75, 3.05) is 19.7 Å². The normalized spacial score (nSPS) is 19.9. The molecule has 28 heavy (non-hydrogen) atoms. The smallest absolute Gasteiger partial charge is 0.325 e. The number of amides is 4. The molecular weight excluding hydrogens is 382 g/mol. The van der Waals surface area contributed by atoms with Crippen LogP contribution >= 0.6 is 11.6 Å². The summed E-state index contributed by atoms with van der Waals surface area (Å²) in [6.07, 6.45) is 5.61. The minimum Gasteiger partial charge on any atom is -0.488 e. The van der Waals surface area contributed by atoms with Crippen LogP contribution in [-0.2, 0) is 9.59 Å². The average molecular weight is 404 g/mol. The Hall–Kier alpha value is -2.54. The second-order valence-corrected chi connectivity index (χ2v) is 7.86. The lowest BCUT2D eigenvalue weighted by Crippen LogP contribution is -2.44. The number of benzene rings is 1. The number of nitrogens with one attached hydrogen (secondary N) is 2. The van der Waals surface area contributed by atoms with Crippen LogP contribution < -0.4 is 15.4 Å². The van der Waals surface area contributed by atoms with E-state index in [1.54, 1.807) is 24.3 Å². The first-order valence-corrected chi connectivity index (χ1v) is 9.92. The molecule has 4 rings (SSSR count). The van der Waals surface area contributed by atoms with Crippen LogP contribution in [0.25, 0.3) is 6.08 Å². The van der Waals surface area contributed by atoms with E-state index < -0.39 is 5.54 Å². The molecule has 3 aliphatic rings. The molecule has 148 valence electrons. The number of carbonyl (C=O) groups is 3. The quantitative estimate of drug-likeness (QED) is 0.584. The van der Waals surface area contributed by atoms with Gasteiger partial charge in [-0.15, -0.1) is 0 Å². The molecule has 2 heterocycles. The lowest BCUT2D eigenvalue weighted by atomic mass is 9.98. The molecule has 4 amide bonds. The molecule has 8 heteroatoms. The largest absolute Gasteiger partial charge is 0.488 e. The van der Waals surface area contributed by atoms with E-state index in [-0.39, 0.29) is 24.5 Å². The summed E-state index contributed by atoms with van der Waals surface area (Å²) in [7, 11) is 0. The summed E-state index contributed by atoms with van der Waals surface area (Å²) in [4.78, 5) is 38.4. The van der Waals surface area contributed by atoms with E-state index in [9.17, 15) is 14.4 Å². The topological polar surface area (TPSA) is 87.7 Å². The summed E-state index contributed by atoms with van der Waals surface area (Å²) in [6, 6.07) is 4.94. The van der Waals surface area contributed by atoms with Gasteiger partial charge in [-0.1, -0.05) is 24.4 Å². The number of carbonyl (C=O) groups excluding carboxylic acids is 3. The van der Waals surface area contributed by atoms with Crippen molar-refractivity contribution in [3.63, 3.8) is 0 Å². The lowest BCUT2D eigenvalue weighted by Gasteiger charge is -2.20. The molecule has 0 bridgehead atoms. The van der Waals surface area contributed by atoms with Crippen molar-refractivity contribution in [3.05, 3.63) is 34.4 Å². The molecule has 1 aromatic carbocycles. The number of ether oxygens (including phenoxy) is 1. The van der Waals surface area contributed by atoms with Gasteiger partial charge in [-0.3, -0.25) is 14.5 Å². The molecule has 1 saturated carbocycles. The van der Waals surface area contributed by atoms with E-state index in [0.717, 1.165) is 18.4 Å². The number of rotatable bonds is 5. The van der Waals surface area contributed by atoms with Crippen molar-refractivity contribution >= 4 is 35.5 Å². The number of nitrogens with zero attached hydrogens (tertiary/aromatic N) is 1. The molecule has 1 aliphatic carbocycles. The van der Waals surface area contributed by atoms with Gasteiger partial charge < -0.3 is 15.4 Å². The minimum absolute atomic E-state index is 0.127. The Morgan fingerprint density at radius 3 is 2.86 bits per heavy atom. The molecule has 0 atom stereocenters. The fraction of sp³-hybridized carbons (Fsp3) is 0.450. The molecule has 1 aromatic rings. The van der Waals surface area contributed by atoms with Gasteiger partial charge in [0.2, 0.25) is 0 Å². The number of hydrogen-bond acceptors (Lipinski definition) is 4. The second kappa shape index (κ2) is 7.47. The number of fused-ring (bicyclic) bond motifs is 1. The molecule has 2 N–H and O–H groups in total. The first-order valence-electron chi connectivity index (χ1n) is 9.54. The Bertz CT molecular complexity index is 861. The van der Waals surface area contributed by atoms with Crippen molar-refractivity contribution in [1.82, 2.24) is 15.5 Å². The van der Waals surface area contributed by atoms with Crippen LogP contribution in [0.1, 0.15) is 37.7 Å². The predicted octanol–water partition coefficient (Wildman–Crippen LogP) is 2.49. The lowest BCUT2D eigenvalue weighted by molar-refractivity contribution is -0.131. The standard InChI is InChI=1S/C20H22ClN3O4/c21-15-4-5-16-13(11-15)10-14(12-28-16)17(25)22-8-3-9-24-18(26)20(23-19(24)27)6-1-2-7-20/h4-5,10-11H,1-3,6-9,12H2,(H,22,25)(H,23,27). The van der Waals surface area contributed by atoms with Gasteiger partial charge in [-0.05, 0) is 43.5 Å². The van der Waals surface area contributed by atoms with Crippen LogP contribution in [0.3, 0.4) is 0 Å². The Balaban J connectivity index is 1.28. The maximum Gasteiger partial charge on any atom is 0.325 e. The molecule has 0 aromatic heterocycles. The van der Waals surface area contributed by atoms with E-state index in [1.807, 2.05) is 0 Å². The number of imide groups is 1. The molecule has 1 saturated heterocycles. The summed E-state index contributed by atoms with van der Waals surface area (Å²) in [5.74, 6) is 0.341. The summed E-state index contributed by atoms with van der Waals surface area (Å²) in [5.41, 5.74) is 0.596. The van der Waals surface area contributed by atoms with E-state index in [4.69, 9.17) is 16.3 Å². The fourth-order valence-electron chi connectivity index (χ4n) is 4.03. The maximum absolute atomic E-state index is 12.6. The van der Waals surface area contributed by atoms with E-state index >= 15 is 0 Å². The fourth-order valence-corrected chi connectivity index (χ4v) is 4.21. The summed E-state index contributed by atoms with van der Waals surface area (Å²) in [5, 5.41) is 6.26. The maximum atomic E-state index is 12.6. The van der Waals surface area contributed by atoms with Gasteiger partial charge in [0.05, 0.1) is 5.57 Å². The molecule has 0 radical (unpaired) electrons. The zero-order valence-electron chi connectivity index (χ0n) is 15.4. The third kappa shape index (κ3) is 3.46. The van der Waals surface area contributed by atoms with E-state index in [0.29, 0.717) is 48.7 Å². The SMILES string of the molecule is O=C(NCCCN1C(=O)NC2(CCCC2)C1=O)C1=Cc2cc(Cl)ccc2OC1. The van der Waals surface area contributed by atoms with E-state index in [2.05, 4.69) is 10.6 Å². The van der Waals surface area contributed by atoms with Gasteiger partial charge in [-0.25, -0.2) is 4.79 Å². The molecule has 7 nitrogen and oxygen atoms in total. The third-order valence-electron chi connectivity index (χ3n) is 5.52. The van der Waals surface area contributed by atoms with Crippen LogP contribution in [0.2, 0.25) is 5.02 Å². The first kappa shape index (κ1) is 18.8. The minimum atomic E-state index is -0.681. The summed E-state index contributed by atoms with van der Waals surface area (Å²) in [6.45, 7) is 0.847. The Morgan fingerprint density at radius 2 is 2.07 bits per heavy atom. The highest BCUT2D eigenvalue weighted by atomic mass is 35.5. The van der Waals surface area contributed by atoms with Gasteiger partial charge in [-0.2, -0.15) is 0 Å². The van der Waals surface area contributed by atoms with Crippen LogP contribution in [0.4, 0.5) is 4.79 Å². The van der Waals surface area contributed by atoms with E-state index in [1.165, 1.54) is 4.90 Å². The average Bonchev–Trinajstić information content (AvgIpc) is 3.24. The highest BCUT2D eigenvalue weighted by Gasteiger charge is 2.51. The van der Waals surface area contributed by atoms with Crippen LogP contribution in [0.15, 0.2) is 23.8 Å². The number of urea groups is 1. The Kier molecular flexibility index (Phi) is 5.02. The van der Waals surface area contributed by atoms with Crippen molar-refractivity contribution in [2.45, 2.75) is 37.6 Å². The molecule has 1 spiro atoms. The monoisotopic (exact) mass is 403 g/mol. The van der Waals surface area contributed by atoms with Crippen molar-refractivity contribution in [2.24, 2.45) is 0 Å². The van der Waals surface area contributed by atoms with Crippen LogP contribution in [0.5, 0.6) is 5.75 Å². The van der Waals surface area contributed by atoms with Gasteiger partial charge in [0, 0.05) is 23.7 Å². The molecule has 2 aliphatic heterocycles. The van der Waals surface area contributed by atoms with Gasteiger partial charge >= 0.3 is 6.03 Å². The molecular formula is C20H22ClN3O4. The highest BCUT2D eigenvalue weighted by molar-refractivity contribution is 6.30. The Labute approximate surface area is 168 Å². The molecule has 2 fully saturated rings. The molecule has 0 unspecified atom stereocenters. The predicted molar refractivity (Wildman–Crippen MR) is 104 cm³/mol. The van der Waals surface area contributed by atoms with Crippen molar-refractivity contribution < 1.29 is 19.1 Å². The summed E-state index contributed by atoms with van der Waals surface area (Å²) < 4.78 is 5.59. The van der Waals surface area contributed by atoms with Crippen LogP contribution in [0, 0.1) is 0 Å². The second-order valence-electron chi connectivity index (χ2n) is 7.43. The van der Waals surface area contributed by atoms with Gasteiger partial charge in [0.15, 0.2) is 0 Å². The van der Waals surface area contributed by atoms with Gasteiger partial charge in [0.25, 0.3) is 11.8 Å². The van der Waals surface area contributed by atoms with Gasteiger partial charge in [0.1, 0.15) is 17.9 Å². The zero-order chi connectivity index (χ0) is 19.7. The number of hydrogen-bond donors (Lipinski definition) is 2.